The lowest BCUT2D eigenvalue weighted by Crippen LogP contribution is -2.29. The standard InChI is InChI=1S/C16H24N2O3/c1-4-18(5-2)12-13-6-8-14(9-7-13)16(21)17(3)11-10-15(19)20/h6-9H,4-5,10-12H2,1-3H3,(H,19,20). The maximum atomic E-state index is 12.1. The molecule has 21 heavy (non-hydrogen) atoms. The molecule has 0 bridgehead atoms. The molecule has 0 spiro atoms. The van der Waals surface area contributed by atoms with E-state index in [2.05, 4.69) is 18.7 Å². The minimum Gasteiger partial charge on any atom is -0.481 e. The zero-order valence-electron chi connectivity index (χ0n) is 13.0. The summed E-state index contributed by atoms with van der Waals surface area (Å²) in [6, 6.07) is 7.52. The van der Waals surface area contributed by atoms with Crippen molar-refractivity contribution in [3.05, 3.63) is 35.4 Å². The molecule has 0 aromatic heterocycles. The summed E-state index contributed by atoms with van der Waals surface area (Å²) in [7, 11) is 1.62. The van der Waals surface area contributed by atoms with E-state index in [4.69, 9.17) is 5.11 Å². The van der Waals surface area contributed by atoms with Crippen LogP contribution >= 0.6 is 0 Å². The lowest BCUT2D eigenvalue weighted by Gasteiger charge is -2.19. The smallest absolute Gasteiger partial charge is 0.305 e. The van der Waals surface area contributed by atoms with Crippen molar-refractivity contribution in [1.82, 2.24) is 9.80 Å². The van der Waals surface area contributed by atoms with Crippen molar-refractivity contribution in [2.24, 2.45) is 0 Å². The first-order valence-corrected chi connectivity index (χ1v) is 7.26. The summed E-state index contributed by atoms with van der Waals surface area (Å²) in [5.74, 6) is -1.05. The van der Waals surface area contributed by atoms with Crippen LogP contribution in [0.3, 0.4) is 0 Å². The Morgan fingerprint density at radius 3 is 2.14 bits per heavy atom. The molecule has 0 fully saturated rings. The average molecular weight is 292 g/mol. The second-order valence-electron chi connectivity index (χ2n) is 5.03. The minimum absolute atomic E-state index is 0.0394. The first-order valence-electron chi connectivity index (χ1n) is 7.26. The zero-order chi connectivity index (χ0) is 15.8. The molecule has 0 radical (unpaired) electrons. The normalized spacial score (nSPS) is 10.7. The van der Waals surface area contributed by atoms with E-state index in [9.17, 15) is 9.59 Å². The van der Waals surface area contributed by atoms with Gasteiger partial charge in [-0.05, 0) is 30.8 Å². The van der Waals surface area contributed by atoms with Gasteiger partial charge >= 0.3 is 5.97 Å². The second kappa shape index (κ2) is 8.42. The van der Waals surface area contributed by atoms with Gasteiger partial charge in [-0.1, -0.05) is 26.0 Å². The number of carboxylic acids is 1. The SMILES string of the molecule is CCN(CC)Cc1ccc(C(=O)N(C)CCC(=O)O)cc1. The van der Waals surface area contributed by atoms with Crippen LogP contribution in [0.4, 0.5) is 0 Å². The quantitative estimate of drug-likeness (QED) is 0.797. The highest BCUT2D eigenvalue weighted by molar-refractivity contribution is 5.94. The molecule has 0 heterocycles. The van der Waals surface area contributed by atoms with Gasteiger partial charge in [0.05, 0.1) is 6.42 Å². The summed E-state index contributed by atoms with van der Waals surface area (Å²) in [6.07, 6.45) is -0.0394. The summed E-state index contributed by atoms with van der Waals surface area (Å²) in [4.78, 5) is 26.4. The number of nitrogens with zero attached hydrogens (tertiary/aromatic N) is 2. The predicted molar refractivity (Wildman–Crippen MR) is 82.3 cm³/mol. The molecule has 1 aromatic rings. The van der Waals surface area contributed by atoms with Gasteiger partial charge in [0.1, 0.15) is 0 Å². The fourth-order valence-corrected chi connectivity index (χ4v) is 2.04. The molecule has 5 heteroatoms. The molecule has 0 aliphatic carbocycles. The van der Waals surface area contributed by atoms with Gasteiger partial charge in [-0.25, -0.2) is 0 Å². The first kappa shape index (κ1) is 17.2. The van der Waals surface area contributed by atoms with Crippen molar-refractivity contribution in [1.29, 1.82) is 0 Å². The number of rotatable bonds is 8. The van der Waals surface area contributed by atoms with Crippen LogP contribution in [0.25, 0.3) is 0 Å². The predicted octanol–water partition coefficient (Wildman–Crippen LogP) is 2.08. The van der Waals surface area contributed by atoms with E-state index < -0.39 is 5.97 Å². The van der Waals surface area contributed by atoms with Gasteiger partial charge in [0.15, 0.2) is 0 Å². The maximum Gasteiger partial charge on any atom is 0.305 e. The highest BCUT2D eigenvalue weighted by atomic mass is 16.4. The van der Waals surface area contributed by atoms with Crippen LogP contribution in [-0.2, 0) is 11.3 Å². The van der Waals surface area contributed by atoms with E-state index in [1.54, 1.807) is 19.2 Å². The van der Waals surface area contributed by atoms with Crippen molar-refractivity contribution < 1.29 is 14.7 Å². The third-order valence-electron chi connectivity index (χ3n) is 3.51. The molecule has 5 nitrogen and oxygen atoms in total. The Kier molecular flexibility index (Phi) is 6.88. The third kappa shape index (κ3) is 5.55. The minimum atomic E-state index is -0.899. The molecule has 0 atom stereocenters. The molecule has 0 saturated heterocycles. The van der Waals surface area contributed by atoms with Gasteiger partial charge in [-0.15, -0.1) is 0 Å². The van der Waals surface area contributed by atoms with E-state index in [0.717, 1.165) is 19.6 Å². The van der Waals surface area contributed by atoms with Crippen molar-refractivity contribution in [3.8, 4) is 0 Å². The Hall–Kier alpha value is -1.88. The third-order valence-corrected chi connectivity index (χ3v) is 3.51. The van der Waals surface area contributed by atoms with Gasteiger partial charge in [0.2, 0.25) is 0 Å². The molecule has 0 aliphatic heterocycles. The number of carbonyl (C=O) groups is 2. The van der Waals surface area contributed by atoms with Crippen molar-refractivity contribution in [2.45, 2.75) is 26.8 Å². The van der Waals surface area contributed by atoms with Crippen molar-refractivity contribution in [2.75, 3.05) is 26.7 Å². The van der Waals surface area contributed by atoms with Gasteiger partial charge in [-0.2, -0.15) is 0 Å². The number of aliphatic carboxylic acids is 1. The molecule has 1 rings (SSSR count). The molecule has 116 valence electrons. The van der Waals surface area contributed by atoms with E-state index in [1.807, 2.05) is 12.1 Å². The summed E-state index contributed by atoms with van der Waals surface area (Å²) < 4.78 is 0. The molecule has 0 aliphatic rings. The average Bonchev–Trinajstić information content (AvgIpc) is 2.50. The fourth-order valence-electron chi connectivity index (χ4n) is 2.04. The number of benzene rings is 1. The van der Waals surface area contributed by atoms with Crippen LogP contribution < -0.4 is 0 Å². The molecule has 0 saturated carbocycles. The zero-order valence-corrected chi connectivity index (χ0v) is 13.0. The van der Waals surface area contributed by atoms with Crippen molar-refractivity contribution >= 4 is 11.9 Å². The van der Waals surface area contributed by atoms with Crippen LogP contribution in [0.1, 0.15) is 36.2 Å². The lowest BCUT2D eigenvalue weighted by atomic mass is 10.1. The Labute approximate surface area is 126 Å². The largest absolute Gasteiger partial charge is 0.481 e. The summed E-state index contributed by atoms with van der Waals surface area (Å²) in [6.45, 7) is 7.33. The number of carbonyl (C=O) groups excluding carboxylic acids is 1. The fraction of sp³-hybridized carbons (Fsp3) is 0.500. The number of hydrogen-bond donors (Lipinski definition) is 1. The number of hydrogen-bond acceptors (Lipinski definition) is 3. The molecular weight excluding hydrogens is 268 g/mol. The van der Waals surface area contributed by atoms with E-state index in [-0.39, 0.29) is 18.9 Å². The van der Waals surface area contributed by atoms with Crippen LogP contribution in [0.5, 0.6) is 0 Å². The topological polar surface area (TPSA) is 60.9 Å². The van der Waals surface area contributed by atoms with E-state index in [0.29, 0.717) is 5.56 Å². The monoisotopic (exact) mass is 292 g/mol. The van der Waals surface area contributed by atoms with Crippen LogP contribution in [0.2, 0.25) is 0 Å². The van der Waals surface area contributed by atoms with E-state index in [1.165, 1.54) is 10.5 Å². The second-order valence-corrected chi connectivity index (χ2v) is 5.03. The van der Waals surface area contributed by atoms with Gasteiger partial charge < -0.3 is 10.0 Å². The van der Waals surface area contributed by atoms with Gasteiger partial charge in [0, 0.05) is 25.7 Å². The lowest BCUT2D eigenvalue weighted by molar-refractivity contribution is -0.137. The number of carboxylic acid groups (broad SMARTS) is 1. The highest BCUT2D eigenvalue weighted by Crippen LogP contribution is 2.09. The van der Waals surface area contributed by atoms with Crippen LogP contribution in [0.15, 0.2) is 24.3 Å². The Morgan fingerprint density at radius 2 is 1.67 bits per heavy atom. The summed E-state index contributed by atoms with van der Waals surface area (Å²) >= 11 is 0. The Bertz CT molecular complexity index is 467. The van der Waals surface area contributed by atoms with Crippen LogP contribution in [0, 0.1) is 0 Å². The van der Waals surface area contributed by atoms with Crippen LogP contribution in [-0.4, -0.2) is 53.5 Å². The Balaban J connectivity index is 2.64. The molecule has 1 N–H and O–H groups in total. The number of amides is 1. The summed E-state index contributed by atoms with van der Waals surface area (Å²) in [5, 5.41) is 8.64. The van der Waals surface area contributed by atoms with Gasteiger partial charge in [-0.3, -0.25) is 14.5 Å². The Morgan fingerprint density at radius 1 is 1.10 bits per heavy atom. The maximum absolute atomic E-state index is 12.1. The van der Waals surface area contributed by atoms with Gasteiger partial charge in [0.25, 0.3) is 5.91 Å². The molecule has 1 amide bonds. The molecule has 0 unspecified atom stereocenters. The van der Waals surface area contributed by atoms with Crippen molar-refractivity contribution in [3.63, 3.8) is 0 Å². The molecule has 1 aromatic carbocycles. The first-order chi connectivity index (χ1) is 9.97. The molecular formula is C16H24N2O3. The van der Waals surface area contributed by atoms with E-state index >= 15 is 0 Å². The highest BCUT2D eigenvalue weighted by Gasteiger charge is 2.12. The summed E-state index contributed by atoms with van der Waals surface area (Å²) in [5.41, 5.74) is 1.76.